The quantitative estimate of drug-likeness (QED) is 0.268. The third kappa shape index (κ3) is 5.84. The van der Waals surface area contributed by atoms with Gasteiger partial charge >= 0.3 is 6.18 Å². The van der Waals surface area contributed by atoms with E-state index in [4.69, 9.17) is 15.2 Å². The average Bonchev–Trinajstić information content (AvgIpc) is 3.74. The normalized spacial score (nSPS) is 18.5. The average molecular weight is 591 g/mol. The highest BCUT2D eigenvalue weighted by Crippen LogP contribution is 2.46. The Morgan fingerprint density at radius 2 is 1.91 bits per heavy atom. The Bertz CT molecular complexity index is 1710. The molecule has 1 aliphatic heterocycles. The Morgan fingerprint density at radius 3 is 2.60 bits per heavy atom. The molecule has 1 fully saturated rings. The molecule has 3 heterocycles. The number of nitrogens with one attached hydrogen (secondary N) is 1. The number of hydrogen-bond donors (Lipinski definition) is 2. The monoisotopic (exact) mass is 590 g/mol. The van der Waals surface area contributed by atoms with Gasteiger partial charge in [0, 0.05) is 46.4 Å². The van der Waals surface area contributed by atoms with Crippen molar-refractivity contribution in [3.05, 3.63) is 83.7 Å². The van der Waals surface area contributed by atoms with Gasteiger partial charge in [-0.3, -0.25) is 14.6 Å². The standard InChI is InChI=1S/C32H29F3N4O4/c1-31(30(36)41)17-42-28-23(31)14-24(39-27(28)18-6-3-2-4-7-18)21(15-32(33,34)35)16-38-29(40)20-12-19-8-5-11-37-26(19)25(13-20)43-22-9-10-22/h2-8,11-14,21-22H,9-10,15-17H2,1H3,(H2,36,41)(H,38,40)/t21?,31-/m0/s1. The number of carbonyl (C=O) groups is 2. The molecule has 2 atom stereocenters. The number of benzene rings is 2. The maximum atomic E-state index is 13.9. The van der Waals surface area contributed by atoms with E-state index in [1.54, 1.807) is 67.7 Å². The molecule has 0 spiro atoms. The van der Waals surface area contributed by atoms with Gasteiger partial charge in [-0.1, -0.05) is 36.4 Å². The predicted octanol–water partition coefficient (Wildman–Crippen LogP) is 5.44. The molecule has 1 saturated carbocycles. The van der Waals surface area contributed by atoms with Crippen molar-refractivity contribution in [2.24, 2.45) is 5.73 Å². The Kier molecular flexibility index (Phi) is 7.19. The van der Waals surface area contributed by atoms with Crippen molar-refractivity contribution >= 4 is 22.7 Å². The summed E-state index contributed by atoms with van der Waals surface area (Å²) >= 11 is 0. The Labute approximate surface area is 245 Å². The molecule has 2 amide bonds. The maximum Gasteiger partial charge on any atom is 0.389 e. The summed E-state index contributed by atoms with van der Waals surface area (Å²) in [6.45, 7) is 1.16. The van der Waals surface area contributed by atoms with Crippen molar-refractivity contribution in [3.8, 4) is 22.8 Å². The molecule has 8 nitrogen and oxygen atoms in total. The number of aromatic nitrogens is 2. The van der Waals surface area contributed by atoms with E-state index in [0.29, 0.717) is 39.2 Å². The van der Waals surface area contributed by atoms with Crippen LogP contribution in [0.1, 0.15) is 53.7 Å². The van der Waals surface area contributed by atoms with Crippen LogP contribution in [0.25, 0.3) is 22.2 Å². The summed E-state index contributed by atoms with van der Waals surface area (Å²) in [5, 5.41) is 3.35. The molecule has 3 N–H and O–H groups in total. The van der Waals surface area contributed by atoms with Gasteiger partial charge in [0.1, 0.15) is 34.7 Å². The summed E-state index contributed by atoms with van der Waals surface area (Å²) < 4.78 is 53.6. The number of ether oxygens (including phenoxy) is 2. The summed E-state index contributed by atoms with van der Waals surface area (Å²) in [6.07, 6.45) is -2.32. The van der Waals surface area contributed by atoms with E-state index in [1.165, 1.54) is 6.07 Å². The molecule has 1 aliphatic carbocycles. The SMILES string of the molecule is C[C@]1(C(N)=O)COc2c1cc(C(CNC(=O)c1cc(OC3CC3)c3ncccc3c1)CC(F)(F)F)nc2-c1ccccc1. The van der Waals surface area contributed by atoms with Crippen LogP contribution in [0.15, 0.2) is 66.9 Å². The fourth-order valence-electron chi connectivity index (χ4n) is 5.23. The highest BCUT2D eigenvalue weighted by atomic mass is 19.4. The Balaban J connectivity index is 1.36. The van der Waals surface area contributed by atoms with Crippen molar-refractivity contribution in [1.82, 2.24) is 15.3 Å². The number of rotatable bonds is 9. The topological polar surface area (TPSA) is 116 Å². The number of nitrogens with zero attached hydrogens (tertiary/aromatic N) is 2. The van der Waals surface area contributed by atoms with Crippen LogP contribution in [0.2, 0.25) is 0 Å². The van der Waals surface area contributed by atoms with E-state index in [-0.39, 0.29) is 30.5 Å². The lowest BCUT2D eigenvalue weighted by Gasteiger charge is -2.23. The van der Waals surface area contributed by atoms with Gasteiger partial charge in [0.05, 0.1) is 12.5 Å². The van der Waals surface area contributed by atoms with E-state index in [1.807, 2.05) is 0 Å². The summed E-state index contributed by atoms with van der Waals surface area (Å²) in [6, 6.07) is 17.0. The molecular formula is C32H29F3N4O4. The molecule has 4 aromatic rings. The van der Waals surface area contributed by atoms with Crippen LogP contribution in [0.3, 0.4) is 0 Å². The Morgan fingerprint density at radius 1 is 1.14 bits per heavy atom. The zero-order valence-corrected chi connectivity index (χ0v) is 23.3. The minimum absolute atomic E-state index is 0.0550. The first-order chi connectivity index (χ1) is 20.5. The molecule has 1 unspecified atom stereocenters. The van der Waals surface area contributed by atoms with Crippen LogP contribution >= 0.6 is 0 Å². The Hall–Kier alpha value is -4.67. The number of hydrogen-bond acceptors (Lipinski definition) is 6. The van der Waals surface area contributed by atoms with Gasteiger partial charge < -0.3 is 20.5 Å². The number of carbonyl (C=O) groups excluding carboxylic acids is 2. The fraction of sp³-hybridized carbons (Fsp3) is 0.312. The van der Waals surface area contributed by atoms with Gasteiger partial charge in [0.2, 0.25) is 5.91 Å². The zero-order valence-electron chi connectivity index (χ0n) is 23.3. The number of alkyl halides is 3. The molecule has 43 heavy (non-hydrogen) atoms. The lowest BCUT2D eigenvalue weighted by molar-refractivity contribution is -0.138. The minimum atomic E-state index is -4.56. The molecule has 0 saturated heterocycles. The number of halogens is 3. The molecule has 2 aliphatic rings. The van der Waals surface area contributed by atoms with Crippen LogP contribution in [-0.2, 0) is 10.2 Å². The third-order valence-electron chi connectivity index (χ3n) is 7.84. The highest BCUT2D eigenvalue weighted by Gasteiger charge is 2.45. The van der Waals surface area contributed by atoms with Gasteiger partial charge in [-0.05, 0) is 44.0 Å². The lowest BCUT2D eigenvalue weighted by atomic mass is 9.82. The summed E-state index contributed by atoms with van der Waals surface area (Å²) in [5.74, 6) is -1.74. The van der Waals surface area contributed by atoms with Gasteiger partial charge in [0.25, 0.3) is 5.91 Å². The molecule has 6 rings (SSSR count). The summed E-state index contributed by atoms with van der Waals surface area (Å²) in [4.78, 5) is 34.8. The van der Waals surface area contributed by atoms with Crippen molar-refractivity contribution in [1.29, 1.82) is 0 Å². The minimum Gasteiger partial charge on any atom is -0.489 e. The zero-order chi connectivity index (χ0) is 30.4. The molecule has 11 heteroatoms. The molecular weight excluding hydrogens is 561 g/mol. The van der Waals surface area contributed by atoms with Crippen molar-refractivity contribution in [2.45, 2.75) is 49.8 Å². The largest absolute Gasteiger partial charge is 0.489 e. The van der Waals surface area contributed by atoms with Gasteiger partial charge in [-0.25, -0.2) is 4.98 Å². The number of nitrogens with two attached hydrogens (primary N) is 1. The first-order valence-corrected chi connectivity index (χ1v) is 14.0. The molecule has 222 valence electrons. The third-order valence-corrected chi connectivity index (χ3v) is 7.84. The predicted molar refractivity (Wildman–Crippen MR) is 153 cm³/mol. The first kappa shape index (κ1) is 28.4. The molecule has 2 aromatic heterocycles. The van der Waals surface area contributed by atoms with Crippen LogP contribution in [0.5, 0.6) is 11.5 Å². The smallest absolute Gasteiger partial charge is 0.389 e. The van der Waals surface area contributed by atoms with E-state index in [0.717, 1.165) is 12.8 Å². The molecule has 2 aromatic carbocycles. The number of primary amides is 1. The number of fused-ring (bicyclic) bond motifs is 2. The number of pyridine rings is 2. The second-order valence-electron chi connectivity index (χ2n) is 11.2. The van der Waals surface area contributed by atoms with Crippen molar-refractivity contribution in [3.63, 3.8) is 0 Å². The number of amides is 2. The van der Waals surface area contributed by atoms with Crippen LogP contribution in [0, 0.1) is 0 Å². The van der Waals surface area contributed by atoms with E-state index in [9.17, 15) is 22.8 Å². The van der Waals surface area contributed by atoms with Gasteiger partial charge in [-0.15, -0.1) is 0 Å². The van der Waals surface area contributed by atoms with Crippen molar-refractivity contribution < 1.29 is 32.2 Å². The fourth-order valence-corrected chi connectivity index (χ4v) is 5.23. The first-order valence-electron chi connectivity index (χ1n) is 14.0. The van der Waals surface area contributed by atoms with Gasteiger partial charge in [0.15, 0.2) is 0 Å². The second-order valence-corrected chi connectivity index (χ2v) is 11.2. The summed E-state index contributed by atoms with van der Waals surface area (Å²) in [7, 11) is 0. The molecule has 0 bridgehead atoms. The maximum absolute atomic E-state index is 13.9. The molecule has 0 radical (unpaired) electrons. The second kappa shape index (κ2) is 10.9. The van der Waals surface area contributed by atoms with Crippen molar-refractivity contribution in [2.75, 3.05) is 13.2 Å². The van der Waals surface area contributed by atoms with E-state index in [2.05, 4.69) is 15.3 Å². The van der Waals surface area contributed by atoms with Gasteiger partial charge in [-0.2, -0.15) is 13.2 Å². The summed E-state index contributed by atoms with van der Waals surface area (Å²) in [5.41, 5.74) is 6.65. The van der Waals surface area contributed by atoms with Crippen LogP contribution in [0.4, 0.5) is 13.2 Å². The van der Waals surface area contributed by atoms with E-state index >= 15 is 0 Å². The van der Waals surface area contributed by atoms with Crippen LogP contribution in [-0.4, -0.2) is 47.2 Å². The van der Waals surface area contributed by atoms with E-state index < -0.39 is 35.7 Å². The van der Waals surface area contributed by atoms with Crippen LogP contribution < -0.4 is 20.5 Å². The highest BCUT2D eigenvalue weighted by molar-refractivity contribution is 6.00. The lowest BCUT2D eigenvalue weighted by Crippen LogP contribution is -2.40.